The van der Waals surface area contributed by atoms with Crippen molar-refractivity contribution < 1.29 is 14.3 Å². The number of fused-ring (bicyclic) bond motifs is 1. The maximum Gasteiger partial charge on any atom is 0.341 e. The van der Waals surface area contributed by atoms with Gasteiger partial charge in [0, 0.05) is 16.7 Å². The summed E-state index contributed by atoms with van der Waals surface area (Å²) in [7, 11) is 0. The van der Waals surface area contributed by atoms with E-state index in [1.807, 2.05) is 61.5 Å². The minimum Gasteiger partial charge on any atom is -0.488 e. The van der Waals surface area contributed by atoms with Crippen molar-refractivity contribution in [1.82, 2.24) is 0 Å². The molecule has 5 heteroatoms. The largest absolute Gasteiger partial charge is 0.488 e. The quantitative estimate of drug-likeness (QED) is 0.372. The molecule has 0 saturated carbocycles. The molecule has 3 aromatic rings. The maximum atomic E-state index is 12.5. The molecule has 0 fully saturated rings. The highest BCUT2D eigenvalue weighted by Gasteiger charge is 2.27. The molecular formula is C24H23NO3S. The first-order valence-electron chi connectivity index (χ1n) is 9.87. The van der Waals surface area contributed by atoms with E-state index in [0.29, 0.717) is 18.8 Å². The molecule has 29 heavy (non-hydrogen) atoms. The van der Waals surface area contributed by atoms with Crippen LogP contribution in [0.3, 0.4) is 0 Å². The summed E-state index contributed by atoms with van der Waals surface area (Å²) in [6.07, 6.45) is 4.81. The van der Waals surface area contributed by atoms with Crippen LogP contribution in [-0.4, -0.2) is 18.8 Å². The van der Waals surface area contributed by atoms with Crippen LogP contribution in [0, 0.1) is 0 Å². The van der Waals surface area contributed by atoms with Crippen molar-refractivity contribution in [2.24, 2.45) is 4.99 Å². The van der Waals surface area contributed by atoms with Crippen LogP contribution in [0.2, 0.25) is 0 Å². The van der Waals surface area contributed by atoms with Crippen molar-refractivity contribution in [1.29, 1.82) is 0 Å². The van der Waals surface area contributed by atoms with Crippen LogP contribution in [0.1, 0.15) is 45.3 Å². The molecule has 0 unspecified atom stereocenters. The number of esters is 1. The van der Waals surface area contributed by atoms with Crippen LogP contribution in [-0.2, 0) is 24.2 Å². The highest BCUT2D eigenvalue weighted by Crippen LogP contribution is 2.41. The third-order valence-corrected chi connectivity index (χ3v) is 6.06. The molecule has 0 aliphatic heterocycles. The summed E-state index contributed by atoms with van der Waals surface area (Å²) in [5.41, 5.74) is 3.75. The van der Waals surface area contributed by atoms with E-state index < -0.39 is 0 Å². The number of ether oxygens (including phenoxy) is 2. The smallest absolute Gasteiger partial charge is 0.341 e. The van der Waals surface area contributed by atoms with E-state index in [1.165, 1.54) is 4.88 Å². The van der Waals surface area contributed by atoms with E-state index >= 15 is 0 Å². The van der Waals surface area contributed by atoms with Gasteiger partial charge in [0.1, 0.15) is 17.4 Å². The van der Waals surface area contributed by atoms with E-state index in [4.69, 9.17) is 9.47 Å². The van der Waals surface area contributed by atoms with Gasteiger partial charge < -0.3 is 9.47 Å². The number of aliphatic imine (C=N–C) groups is 1. The van der Waals surface area contributed by atoms with E-state index in [2.05, 4.69) is 4.99 Å². The average molecular weight is 406 g/mol. The zero-order valence-electron chi connectivity index (χ0n) is 16.4. The highest BCUT2D eigenvalue weighted by atomic mass is 32.1. The summed E-state index contributed by atoms with van der Waals surface area (Å²) < 4.78 is 11.3. The van der Waals surface area contributed by atoms with Gasteiger partial charge in [0.05, 0.1) is 12.2 Å². The van der Waals surface area contributed by atoms with E-state index in [9.17, 15) is 4.79 Å². The Bertz CT molecular complexity index is 1020. The minimum absolute atomic E-state index is 0.271. The van der Waals surface area contributed by atoms with E-state index in [0.717, 1.165) is 46.7 Å². The predicted molar refractivity (Wildman–Crippen MR) is 117 cm³/mol. The summed E-state index contributed by atoms with van der Waals surface area (Å²) in [6.45, 7) is 2.68. The Balaban J connectivity index is 1.58. The number of rotatable bonds is 7. The Morgan fingerprint density at radius 2 is 1.90 bits per heavy atom. The summed E-state index contributed by atoms with van der Waals surface area (Å²) >= 11 is 1.60. The molecule has 1 heterocycles. The van der Waals surface area contributed by atoms with Crippen LogP contribution in [0.4, 0.5) is 5.00 Å². The molecule has 1 aliphatic rings. The predicted octanol–water partition coefficient (Wildman–Crippen LogP) is 5.74. The number of hydrogen-bond acceptors (Lipinski definition) is 5. The van der Waals surface area contributed by atoms with Crippen LogP contribution in [0.25, 0.3) is 0 Å². The van der Waals surface area contributed by atoms with Crippen molar-refractivity contribution in [3.8, 4) is 5.75 Å². The Hall–Kier alpha value is -2.92. The Morgan fingerprint density at radius 3 is 2.72 bits per heavy atom. The second-order valence-corrected chi connectivity index (χ2v) is 7.91. The number of para-hydroxylation sites is 1. The summed E-state index contributed by atoms with van der Waals surface area (Å²) in [6, 6.07) is 17.9. The van der Waals surface area contributed by atoms with Gasteiger partial charge in [0.15, 0.2) is 0 Å². The molecule has 0 amide bonds. The normalized spacial score (nSPS) is 12.9. The first-order chi connectivity index (χ1) is 14.3. The Labute approximate surface area is 174 Å². The van der Waals surface area contributed by atoms with Crippen LogP contribution in [0.15, 0.2) is 59.6 Å². The van der Waals surface area contributed by atoms with Gasteiger partial charge in [-0.25, -0.2) is 9.79 Å². The summed E-state index contributed by atoms with van der Waals surface area (Å²) in [5, 5.41) is 0.728. The molecule has 0 saturated heterocycles. The monoisotopic (exact) mass is 405 g/mol. The molecule has 1 aromatic heterocycles. The molecular weight excluding hydrogens is 382 g/mol. The van der Waals surface area contributed by atoms with Crippen LogP contribution >= 0.6 is 11.3 Å². The Morgan fingerprint density at radius 1 is 1.10 bits per heavy atom. The van der Waals surface area contributed by atoms with Crippen molar-refractivity contribution in [3.05, 3.63) is 81.7 Å². The molecule has 0 atom stereocenters. The zero-order valence-corrected chi connectivity index (χ0v) is 17.2. The fraction of sp³-hybridized carbons (Fsp3) is 0.250. The summed E-state index contributed by atoms with van der Waals surface area (Å²) in [5.74, 6) is 0.495. The van der Waals surface area contributed by atoms with Gasteiger partial charge in [0.25, 0.3) is 0 Å². The average Bonchev–Trinajstić information content (AvgIpc) is 3.33. The van der Waals surface area contributed by atoms with Crippen molar-refractivity contribution in [3.63, 3.8) is 0 Å². The maximum absolute atomic E-state index is 12.5. The lowest BCUT2D eigenvalue weighted by Crippen LogP contribution is -2.06. The number of hydrogen-bond donors (Lipinski definition) is 0. The number of carbonyl (C=O) groups is 1. The standard InChI is InChI=1S/C24H23NO3S/c1-2-27-24(26)22-19-12-8-14-21(19)29-23(22)25-15-18-11-6-7-13-20(18)28-16-17-9-4-3-5-10-17/h3-7,9-11,13,15H,2,8,12,14,16H2,1H3. The molecule has 0 spiro atoms. The SMILES string of the molecule is CCOC(=O)c1c(N=Cc2ccccc2OCc2ccccc2)sc2c1CCC2. The van der Waals surface area contributed by atoms with Crippen molar-refractivity contribution in [2.45, 2.75) is 32.8 Å². The minimum atomic E-state index is -0.271. The fourth-order valence-corrected chi connectivity index (χ4v) is 4.70. The lowest BCUT2D eigenvalue weighted by molar-refractivity contribution is 0.0527. The second-order valence-electron chi connectivity index (χ2n) is 6.83. The number of benzene rings is 2. The number of thiophene rings is 1. The third kappa shape index (κ3) is 4.40. The Kier molecular flexibility index (Phi) is 6.06. The van der Waals surface area contributed by atoms with E-state index in [1.54, 1.807) is 17.6 Å². The third-order valence-electron chi connectivity index (χ3n) is 4.86. The second kappa shape index (κ2) is 9.05. The summed E-state index contributed by atoms with van der Waals surface area (Å²) in [4.78, 5) is 18.4. The van der Waals surface area contributed by atoms with Gasteiger partial charge >= 0.3 is 5.97 Å². The molecule has 4 nitrogen and oxygen atoms in total. The molecule has 1 aliphatic carbocycles. The van der Waals surface area contributed by atoms with Crippen LogP contribution in [0.5, 0.6) is 5.75 Å². The van der Waals surface area contributed by atoms with Gasteiger partial charge in [-0.1, -0.05) is 42.5 Å². The van der Waals surface area contributed by atoms with Gasteiger partial charge in [0.2, 0.25) is 0 Å². The lowest BCUT2D eigenvalue weighted by Gasteiger charge is -2.09. The highest BCUT2D eigenvalue weighted by molar-refractivity contribution is 7.16. The number of aryl methyl sites for hydroxylation is 1. The molecule has 4 rings (SSSR count). The van der Waals surface area contributed by atoms with Crippen molar-refractivity contribution in [2.75, 3.05) is 6.61 Å². The van der Waals surface area contributed by atoms with E-state index in [-0.39, 0.29) is 5.97 Å². The topological polar surface area (TPSA) is 47.9 Å². The van der Waals surface area contributed by atoms with Gasteiger partial charge in [-0.15, -0.1) is 11.3 Å². The molecule has 0 bridgehead atoms. The zero-order chi connectivity index (χ0) is 20.1. The molecule has 0 N–H and O–H groups in total. The number of carbonyl (C=O) groups excluding carboxylic acids is 1. The molecule has 148 valence electrons. The molecule has 0 radical (unpaired) electrons. The molecule has 2 aromatic carbocycles. The van der Waals surface area contributed by atoms with Crippen LogP contribution < -0.4 is 4.74 Å². The fourth-order valence-electron chi connectivity index (χ4n) is 3.48. The first-order valence-corrected chi connectivity index (χ1v) is 10.7. The number of nitrogens with zero attached hydrogens (tertiary/aromatic N) is 1. The van der Waals surface area contributed by atoms with Crippen molar-refractivity contribution >= 4 is 28.5 Å². The first kappa shape index (κ1) is 19.4. The van der Waals surface area contributed by atoms with Gasteiger partial charge in [-0.3, -0.25) is 0 Å². The van der Waals surface area contributed by atoms with Gasteiger partial charge in [-0.05, 0) is 49.4 Å². The lowest BCUT2D eigenvalue weighted by atomic mass is 10.1. The van der Waals surface area contributed by atoms with Gasteiger partial charge in [-0.2, -0.15) is 0 Å².